The molecule has 3 N–H and O–H groups in total. The van der Waals surface area contributed by atoms with Crippen molar-refractivity contribution in [2.24, 2.45) is 14.1 Å². The van der Waals surface area contributed by atoms with E-state index < -0.39 is 0 Å². The van der Waals surface area contributed by atoms with Crippen LogP contribution in [0.1, 0.15) is 0 Å². The highest BCUT2D eigenvalue weighted by molar-refractivity contribution is 5.94. The molecule has 0 unspecified atom stereocenters. The number of carbonyl (C=O) groups is 1. The van der Waals surface area contributed by atoms with Gasteiger partial charge in [-0.05, 0) is 12.1 Å². The Morgan fingerprint density at radius 2 is 2.07 bits per heavy atom. The Kier molecular flexibility index (Phi) is 4.47. The van der Waals surface area contributed by atoms with Crippen LogP contribution in [0.3, 0.4) is 0 Å². The zero-order valence-electron chi connectivity index (χ0n) is 15.9. The third-order valence-corrected chi connectivity index (χ3v) is 4.35. The van der Waals surface area contributed by atoms with Crippen LogP contribution in [0.5, 0.6) is 5.75 Å². The molecule has 0 radical (unpaired) electrons. The molecule has 0 saturated carbocycles. The van der Waals surface area contributed by atoms with Crippen LogP contribution >= 0.6 is 0 Å². The summed E-state index contributed by atoms with van der Waals surface area (Å²) in [5.41, 5.74) is 1.84. The Balaban J connectivity index is 1.87. The van der Waals surface area contributed by atoms with Crippen LogP contribution in [0.25, 0.3) is 22.4 Å². The van der Waals surface area contributed by atoms with Gasteiger partial charge >= 0.3 is 0 Å². The Bertz CT molecular complexity index is 1270. The number of H-pyrrole nitrogens is 1. The van der Waals surface area contributed by atoms with Gasteiger partial charge < -0.3 is 15.4 Å². The lowest BCUT2D eigenvalue weighted by Gasteiger charge is -2.14. The van der Waals surface area contributed by atoms with Crippen LogP contribution in [0.4, 0.5) is 17.2 Å². The number of amides is 1. The molecule has 1 amide bonds. The van der Waals surface area contributed by atoms with E-state index in [0.717, 1.165) is 0 Å². The van der Waals surface area contributed by atoms with Crippen molar-refractivity contribution in [2.45, 2.75) is 0 Å². The number of hydrogen-bond acceptors (Lipinski definition) is 7. The predicted octanol–water partition coefficient (Wildman–Crippen LogP) is 1.38. The van der Waals surface area contributed by atoms with Crippen molar-refractivity contribution in [3.8, 4) is 17.1 Å². The van der Waals surface area contributed by atoms with Crippen LogP contribution in [-0.2, 0) is 18.9 Å². The van der Waals surface area contributed by atoms with Gasteiger partial charge in [-0.3, -0.25) is 24.1 Å². The van der Waals surface area contributed by atoms with Gasteiger partial charge in [0.2, 0.25) is 6.41 Å². The molecule has 148 valence electrons. The predicted molar refractivity (Wildman–Crippen MR) is 107 cm³/mol. The van der Waals surface area contributed by atoms with E-state index in [1.807, 2.05) is 18.2 Å². The first kappa shape index (κ1) is 18.2. The van der Waals surface area contributed by atoms with Crippen LogP contribution in [0, 0.1) is 0 Å². The number of benzene rings is 1. The number of ether oxygens (including phenoxy) is 1. The number of methoxy groups -OCH3 is 1. The van der Waals surface area contributed by atoms with Gasteiger partial charge in [0.15, 0.2) is 17.2 Å². The quantitative estimate of drug-likeness (QED) is 0.421. The van der Waals surface area contributed by atoms with Gasteiger partial charge in [-0.1, -0.05) is 6.07 Å². The van der Waals surface area contributed by atoms with Crippen molar-refractivity contribution in [1.29, 1.82) is 0 Å². The number of carbonyl (C=O) groups excluding carboxylic acids is 1. The average molecular weight is 394 g/mol. The molecule has 11 heteroatoms. The lowest BCUT2D eigenvalue weighted by molar-refractivity contribution is -0.105. The van der Waals surface area contributed by atoms with E-state index >= 15 is 0 Å². The molecular weight excluding hydrogens is 376 g/mol. The summed E-state index contributed by atoms with van der Waals surface area (Å²) in [6, 6.07) is 7.06. The molecule has 0 aliphatic carbocycles. The third-order valence-electron chi connectivity index (χ3n) is 4.35. The molecule has 0 saturated heterocycles. The number of para-hydroxylation sites is 1. The number of anilines is 3. The van der Waals surface area contributed by atoms with Crippen molar-refractivity contribution in [1.82, 2.24) is 29.5 Å². The van der Waals surface area contributed by atoms with E-state index in [-0.39, 0.29) is 5.56 Å². The summed E-state index contributed by atoms with van der Waals surface area (Å²) in [7, 11) is 4.92. The highest BCUT2D eigenvalue weighted by Gasteiger charge is 2.18. The van der Waals surface area contributed by atoms with E-state index in [1.165, 1.54) is 4.68 Å². The summed E-state index contributed by atoms with van der Waals surface area (Å²) in [6.07, 6.45) is 2.12. The minimum atomic E-state index is -0.255. The smallest absolute Gasteiger partial charge is 0.277 e. The first-order valence-electron chi connectivity index (χ1n) is 8.61. The Labute approximate surface area is 164 Å². The van der Waals surface area contributed by atoms with Crippen molar-refractivity contribution in [2.75, 3.05) is 17.7 Å². The Morgan fingerprint density at radius 1 is 1.24 bits per heavy atom. The highest BCUT2D eigenvalue weighted by Crippen LogP contribution is 2.37. The normalized spacial score (nSPS) is 10.9. The van der Waals surface area contributed by atoms with E-state index in [1.54, 1.807) is 38.3 Å². The molecule has 11 nitrogen and oxygen atoms in total. The topological polar surface area (TPSA) is 132 Å². The largest absolute Gasteiger partial charge is 0.494 e. The maximum Gasteiger partial charge on any atom is 0.277 e. The van der Waals surface area contributed by atoms with Crippen LogP contribution in [-0.4, -0.2) is 43.0 Å². The van der Waals surface area contributed by atoms with E-state index in [4.69, 9.17) is 4.74 Å². The molecule has 3 heterocycles. The second kappa shape index (κ2) is 7.11. The first-order chi connectivity index (χ1) is 14.0. The molecule has 0 bridgehead atoms. The van der Waals surface area contributed by atoms with Gasteiger partial charge in [0.1, 0.15) is 17.5 Å². The minimum absolute atomic E-state index is 0.255. The maximum absolute atomic E-state index is 12.6. The monoisotopic (exact) mass is 394 g/mol. The summed E-state index contributed by atoms with van der Waals surface area (Å²) < 4.78 is 8.53. The molecule has 4 rings (SSSR count). The Hall–Kier alpha value is -4.15. The zero-order valence-corrected chi connectivity index (χ0v) is 15.9. The third kappa shape index (κ3) is 3.18. The maximum atomic E-state index is 12.6. The molecule has 3 aromatic heterocycles. The minimum Gasteiger partial charge on any atom is -0.494 e. The lowest BCUT2D eigenvalue weighted by atomic mass is 10.1. The second-order valence-corrected chi connectivity index (χ2v) is 6.27. The standard InChI is InChI=1S/C18H18N8O3/c1-25-8-19-16(23-25)10-5-4-6-11(15(10)29-3)21-12-7-13(20-9-27)22-17-14(12)18(28)26(2)24-17/h4-9H,1-3H3,(H3,20,21,22,24,27). The van der Waals surface area contributed by atoms with Gasteiger partial charge in [0.25, 0.3) is 5.56 Å². The summed E-state index contributed by atoms with van der Waals surface area (Å²) in [6.45, 7) is 0. The molecule has 0 aliphatic rings. The van der Waals surface area contributed by atoms with Gasteiger partial charge in [-0.2, -0.15) is 5.10 Å². The van der Waals surface area contributed by atoms with E-state index in [0.29, 0.717) is 51.8 Å². The van der Waals surface area contributed by atoms with Crippen LogP contribution < -0.4 is 20.9 Å². The fraction of sp³-hybridized carbons (Fsp3) is 0.167. The van der Waals surface area contributed by atoms with Gasteiger partial charge in [-0.25, -0.2) is 9.97 Å². The number of fused-ring (bicyclic) bond motifs is 1. The van der Waals surface area contributed by atoms with Crippen molar-refractivity contribution in [3.63, 3.8) is 0 Å². The molecular formula is C18H18N8O3. The van der Waals surface area contributed by atoms with Crippen molar-refractivity contribution >= 4 is 34.6 Å². The molecule has 0 fully saturated rings. The van der Waals surface area contributed by atoms with Crippen LogP contribution in [0.2, 0.25) is 0 Å². The highest BCUT2D eigenvalue weighted by atomic mass is 16.5. The fourth-order valence-corrected chi connectivity index (χ4v) is 3.09. The number of aromatic amines is 1. The number of nitrogens with zero attached hydrogens (tertiary/aromatic N) is 5. The first-order valence-corrected chi connectivity index (χ1v) is 8.61. The second-order valence-electron chi connectivity index (χ2n) is 6.27. The molecule has 29 heavy (non-hydrogen) atoms. The number of rotatable bonds is 6. The molecule has 4 aromatic rings. The van der Waals surface area contributed by atoms with Crippen molar-refractivity contribution in [3.05, 3.63) is 40.9 Å². The molecule has 0 aliphatic heterocycles. The Morgan fingerprint density at radius 3 is 2.76 bits per heavy atom. The zero-order chi connectivity index (χ0) is 20.5. The number of pyridine rings is 1. The summed E-state index contributed by atoms with van der Waals surface area (Å²) in [5, 5.41) is 13.3. The number of hydrogen-bond donors (Lipinski definition) is 3. The summed E-state index contributed by atoms with van der Waals surface area (Å²) in [5.74, 6) is 1.31. The molecule has 0 spiro atoms. The number of aromatic nitrogens is 6. The SMILES string of the molecule is COc1c(Nc2cc(NC=O)nc3[nH]n(C)c(=O)c23)cccc1-c1ncn(C)n1. The summed E-state index contributed by atoms with van der Waals surface area (Å²) in [4.78, 5) is 32.0. The van der Waals surface area contributed by atoms with Gasteiger partial charge in [-0.15, -0.1) is 0 Å². The number of aryl methyl sites for hydroxylation is 2. The van der Waals surface area contributed by atoms with Crippen LogP contribution in [0.15, 0.2) is 35.4 Å². The average Bonchev–Trinajstić information content (AvgIpc) is 3.25. The summed E-state index contributed by atoms with van der Waals surface area (Å²) >= 11 is 0. The lowest BCUT2D eigenvalue weighted by Crippen LogP contribution is -2.12. The van der Waals surface area contributed by atoms with Gasteiger partial charge in [0, 0.05) is 20.2 Å². The van der Waals surface area contributed by atoms with E-state index in [9.17, 15) is 9.59 Å². The van der Waals surface area contributed by atoms with E-state index in [2.05, 4.69) is 30.8 Å². The van der Waals surface area contributed by atoms with Crippen molar-refractivity contribution < 1.29 is 9.53 Å². The number of nitrogens with one attached hydrogen (secondary N) is 3. The molecule has 1 aromatic carbocycles. The molecule has 0 atom stereocenters. The van der Waals surface area contributed by atoms with Gasteiger partial charge in [0.05, 0.1) is 24.0 Å². The fourth-order valence-electron chi connectivity index (χ4n) is 3.09.